The maximum absolute atomic E-state index is 11.8. The highest BCUT2D eigenvalue weighted by molar-refractivity contribution is 7.90. The second kappa shape index (κ2) is 4.49. The molecule has 0 spiro atoms. The van der Waals surface area contributed by atoms with E-state index in [1.165, 1.54) is 11.2 Å². The van der Waals surface area contributed by atoms with Gasteiger partial charge in [0.05, 0.1) is 0 Å². The van der Waals surface area contributed by atoms with E-state index in [1.54, 1.807) is 0 Å². The zero-order chi connectivity index (χ0) is 11.6. The molecule has 0 aliphatic carbocycles. The van der Waals surface area contributed by atoms with Gasteiger partial charge >= 0.3 is 5.97 Å². The Labute approximate surface area is 90.1 Å². The van der Waals surface area contributed by atoms with Crippen LogP contribution in [0.4, 0.5) is 0 Å². The van der Waals surface area contributed by atoms with Crippen LogP contribution in [0.5, 0.6) is 0 Å². The first-order valence-corrected chi connectivity index (χ1v) is 6.57. The highest BCUT2D eigenvalue weighted by Crippen LogP contribution is 2.20. The molecule has 88 valence electrons. The topological polar surface area (TPSA) is 74.7 Å². The van der Waals surface area contributed by atoms with E-state index in [4.69, 9.17) is 5.11 Å². The highest BCUT2D eigenvalue weighted by Gasteiger charge is 2.35. The minimum absolute atomic E-state index is 0.314. The van der Waals surface area contributed by atoms with Gasteiger partial charge in [-0.25, -0.2) is 12.7 Å². The molecule has 1 aliphatic rings. The van der Waals surface area contributed by atoms with Crippen LogP contribution in [0.2, 0.25) is 0 Å². The number of hydrogen-bond donors (Lipinski definition) is 1. The van der Waals surface area contributed by atoms with Crippen molar-refractivity contribution in [1.82, 2.24) is 4.31 Å². The van der Waals surface area contributed by atoms with Gasteiger partial charge in [0.1, 0.15) is 0 Å². The van der Waals surface area contributed by atoms with Gasteiger partial charge in [-0.2, -0.15) is 0 Å². The van der Waals surface area contributed by atoms with Gasteiger partial charge in [-0.3, -0.25) is 4.79 Å². The van der Waals surface area contributed by atoms with E-state index in [1.807, 2.05) is 6.92 Å². The van der Waals surface area contributed by atoms with E-state index >= 15 is 0 Å². The van der Waals surface area contributed by atoms with Crippen molar-refractivity contribution in [2.75, 3.05) is 13.1 Å². The van der Waals surface area contributed by atoms with Crippen molar-refractivity contribution < 1.29 is 18.3 Å². The van der Waals surface area contributed by atoms with Crippen LogP contribution in [0, 0.1) is 5.92 Å². The van der Waals surface area contributed by atoms with Gasteiger partial charge in [-0.15, -0.1) is 0 Å². The molecule has 1 saturated heterocycles. The molecule has 2 atom stereocenters. The average molecular weight is 235 g/mol. The predicted octanol–water partition coefficient (Wildman–Crippen LogP) is 0.521. The first kappa shape index (κ1) is 12.4. The number of hydrogen-bond acceptors (Lipinski definition) is 3. The lowest BCUT2D eigenvalue weighted by Gasteiger charge is -2.31. The Morgan fingerprint density at radius 3 is 2.60 bits per heavy atom. The van der Waals surface area contributed by atoms with Crippen LogP contribution in [-0.2, 0) is 14.8 Å². The van der Waals surface area contributed by atoms with E-state index < -0.39 is 21.2 Å². The lowest BCUT2D eigenvalue weighted by molar-refractivity contribution is -0.136. The molecular weight excluding hydrogens is 218 g/mol. The number of carboxylic acid groups (broad SMARTS) is 1. The molecule has 15 heavy (non-hydrogen) atoms. The molecule has 1 N–H and O–H groups in total. The van der Waals surface area contributed by atoms with Crippen LogP contribution in [0.1, 0.15) is 26.7 Å². The monoisotopic (exact) mass is 235 g/mol. The number of carboxylic acids is 1. The molecule has 1 rings (SSSR count). The van der Waals surface area contributed by atoms with Crippen LogP contribution in [0.3, 0.4) is 0 Å². The Morgan fingerprint density at radius 2 is 2.13 bits per heavy atom. The summed E-state index contributed by atoms with van der Waals surface area (Å²) >= 11 is 0. The Kier molecular flexibility index (Phi) is 3.72. The lowest BCUT2D eigenvalue weighted by Crippen LogP contribution is -2.45. The largest absolute Gasteiger partial charge is 0.480 e. The summed E-state index contributed by atoms with van der Waals surface area (Å²) in [5, 5.41) is 7.36. The Bertz CT molecular complexity index is 338. The second-order valence-electron chi connectivity index (χ2n) is 4.13. The van der Waals surface area contributed by atoms with Crippen molar-refractivity contribution in [3.8, 4) is 0 Å². The van der Waals surface area contributed by atoms with Gasteiger partial charge in [0.2, 0.25) is 10.0 Å². The van der Waals surface area contributed by atoms with Crippen LogP contribution >= 0.6 is 0 Å². The molecule has 0 aromatic rings. The SMILES string of the molecule is CC1CCCN(S(=O)(=O)C(C)C(=O)O)C1. The van der Waals surface area contributed by atoms with Gasteiger partial charge in [-0.1, -0.05) is 6.92 Å². The van der Waals surface area contributed by atoms with Gasteiger partial charge < -0.3 is 5.11 Å². The third-order valence-electron chi connectivity index (χ3n) is 2.77. The quantitative estimate of drug-likeness (QED) is 0.774. The Morgan fingerprint density at radius 1 is 1.53 bits per heavy atom. The molecule has 0 amide bonds. The van der Waals surface area contributed by atoms with Crippen molar-refractivity contribution in [3.05, 3.63) is 0 Å². The summed E-state index contributed by atoms with van der Waals surface area (Å²) < 4.78 is 24.9. The molecular formula is C9H17NO4S. The van der Waals surface area contributed by atoms with E-state index in [-0.39, 0.29) is 0 Å². The summed E-state index contributed by atoms with van der Waals surface area (Å²) in [6.45, 7) is 4.09. The lowest BCUT2D eigenvalue weighted by atomic mass is 10.0. The van der Waals surface area contributed by atoms with Crippen molar-refractivity contribution in [2.24, 2.45) is 5.92 Å². The molecule has 2 unspecified atom stereocenters. The maximum Gasteiger partial charge on any atom is 0.323 e. The fourth-order valence-electron chi connectivity index (χ4n) is 1.73. The number of aliphatic carboxylic acids is 1. The second-order valence-corrected chi connectivity index (χ2v) is 6.38. The van der Waals surface area contributed by atoms with E-state index in [0.29, 0.717) is 19.0 Å². The summed E-state index contributed by atoms with van der Waals surface area (Å²) in [5.41, 5.74) is 0. The molecule has 5 nitrogen and oxygen atoms in total. The van der Waals surface area contributed by atoms with Crippen LogP contribution in [0.15, 0.2) is 0 Å². The molecule has 1 aliphatic heterocycles. The molecule has 6 heteroatoms. The molecule has 1 fully saturated rings. The van der Waals surface area contributed by atoms with E-state index in [0.717, 1.165) is 12.8 Å². The number of piperidine rings is 1. The van der Waals surface area contributed by atoms with E-state index in [9.17, 15) is 13.2 Å². The van der Waals surface area contributed by atoms with Gasteiger partial charge in [0, 0.05) is 13.1 Å². The molecule has 0 aromatic heterocycles. The fourth-order valence-corrected chi connectivity index (χ4v) is 3.28. The number of nitrogens with zero attached hydrogens (tertiary/aromatic N) is 1. The Balaban J connectivity index is 2.81. The molecule has 0 saturated carbocycles. The zero-order valence-electron chi connectivity index (χ0n) is 9.01. The van der Waals surface area contributed by atoms with Crippen LogP contribution in [-0.4, -0.2) is 42.1 Å². The molecule has 1 heterocycles. The van der Waals surface area contributed by atoms with Gasteiger partial charge in [0.25, 0.3) is 0 Å². The van der Waals surface area contributed by atoms with Crippen molar-refractivity contribution in [2.45, 2.75) is 31.9 Å². The third kappa shape index (κ3) is 2.69. The average Bonchev–Trinajstić information content (AvgIpc) is 2.16. The summed E-state index contributed by atoms with van der Waals surface area (Å²) in [6, 6.07) is 0. The van der Waals surface area contributed by atoms with Crippen molar-refractivity contribution >= 4 is 16.0 Å². The third-order valence-corrected chi connectivity index (χ3v) is 4.92. The summed E-state index contributed by atoms with van der Waals surface area (Å²) in [7, 11) is -3.66. The number of rotatable bonds is 3. The van der Waals surface area contributed by atoms with E-state index in [2.05, 4.69) is 0 Å². The minimum atomic E-state index is -3.66. The summed E-state index contributed by atoms with van der Waals surface area (Å²) in [4.78, 5) is 10.7. The molecule has 0 aromatic carbocycles. The normalized spacial score (nSPS) is 26.1. The summed E-state index contributed by atoms with van der Waals surface area (Å²) in [6.07, 6.45) is 1.82. The standard InChI is InChI=1S/C9H17NO4S/c1-7-4-3-5-10(6-7)15(13,14)8(2)9(11)12/h7-8H,3-6H2,1-2H3,(H,11,12). The van der Waals surface area contributed by atoms with Crippen LogP contribution < -0.4 is 0 Å². The van der Waals surface area contributed by atoms with Crippen molar-refractivity contribution in [1.29, 1.82) is 0 Å². The first-order valence-electron chi connectivity index (χ1n) is 5.07. The zero-order valence-corrected chi connectivity index (χ0v) is 9.83. The highest BCUT2D eigenvalue weighted by atomic mass is 32.2. The molecule has 0 bridgehead atoms. The predicted molar refractivity (Wildman–Crippen MR) is 56.0 cm³/mol. The Hall–Kier alpha value is -0.620. The van der Waals surface area contributed by atoms with Gasteiger partial charge in [0.15, 0.2) is 5.25 Å². The first-order chi connectivity index (χ1) is 6.85. The fraction of sp³-hybridized carbons (Fsp3) is 0.889. The van der Waals surface area contributed by atoms with Crippen molar-refractivity contribution in [3.63, 3.8) is 0 Å². The smallest absolute Gasteiger partial charge is 0.323 e. The number of carbonyl (C=O) groups is 1. The maximum atomic E-state index is 11.8. The molecule has 0 radical (unpaired) electrons. The van der Waals surface area contributed by atoms with Gasteiger partial charge in [-0.05, 0) is 25.7 Å². The number of sulfonamides is 1. The minimum Gasteiger partial charge on any atom is -0.480 e. The van der Waals surface area contributed by atoms with Crippen LogP contribution in [0.25, 0.3) is 0 Å². The summed E-state index contributed by atoms with van der Waals surface area (Å²) in [5.74, 6) is -0.970.